The lowest BCUT2D eigenvalue weighted by atomic mass is 10.0. The molecule has 114 valence electrons. The zero-order valence-corrected chi connectivity index (χ0v) is 11.8. The molecule has 1 fully saturated rings. The molecule has 1 aromatic rings. The zero-order chi connectivity index (χ0) is 15.3. The van der Waals surface area contributed by atoms with Crippen molar-refractivity contribution in [3.63, 3.8) is 0 Å². The Kier molecular flexibility index (Phi) is 5.13. The molecule has 0 spiro atoms. The fourth-order valence-corrected chi connectivity index (χ4v) is 2.54. The van der Waals surface area contributed by atoms with Crippen LogP contribution in [0.3, 0.4) is 0 Å². The molecular formula is C16H19F3N2. The first-order valence-electron chi connectivity index (χ1n) is 7.08. The van der Waals surface area contributed by atoms with Gasteiger partial charge in [-0.3, -0.25) is 0 Å². The number of terminal acetylenes is 1. The minimum atomic E-state index is -4.30. The SMILES string of the molecule is C#CCCN1CCC(Nc2cccc(C(F)(F)F)c2)CC1. The molecule has 1 aromatic carbocycles. The normalized spacial score (nSPS) is 17.4. The van der Waals surface area contributed by atoms with Crippen LogP contribution >= 0.6 is 0 Å². The van der Waals surface area contributed by atoms with Gasteiger partial charge in [0.2, 0.25) is 0 Å². The Morgan fingerprint density at radius 3 is 2.62 bits per heavy atom. The summed E-state index contributed by atoms with van der Waals surface area (Å²) in [5, 5.41) is 3.20. The van der Waals surface area contributed by atoms with E-state index in [1.54, 1.807) is 6.07 Å². The molecule has 1 aliphatic heterocycles. The monoisotopic (exact) mass is 296 g/mol. The number of hydrogen-bond donors (Lipinski definition) is 1. The minimum Gasteiger partial charge on any atom is -0.382 e. The van der Waals surface area contributed by atoms with E-state index in [-0.39, 0.29) is 6.04 Å². The van der Waals surface area contributed by atoms with E-state index in [0.717, 1.165) is 45.0 Å². The second-order valence-corrected chi connectivity index (χ2v) is 5.29. The predicted molar refractivity (Wildman–Crippen MR) is 78.0 cm³/mol. The van der Waals surface area contributed by atoms with Crippen LogP contribution in [0.15, 0.2) is 24.3 Å². The summed E-state index contributed by atoms with van der Waals surface area (Å²) in [7, 11) is 0. The number of hydrogen-bond acceptors (Lipinski definition) is 2. The van der Waals surface area contributed by atoms with E-state index < -0.39 is 11.7 Å². The van der Waals surface area contributed by atoms with Gasteiger partial charge < -0.3 is 10.2 Å². The van der Waals surface area contributed by atoms with Gasteiger partial charge in [-0.1, -0.05) is 6.07 Å². The van der Waals surface area contributed by atoms with Crippen LogP contribution in [0.4, 0.5) is 18.9 Å². The maximum Gasteiger partial charge on any atom is 0.416 e. The van der Waals surface area contributed by atoms with Crippen molar-refractivity contribution in [2.45, 2.75) is 31.5 Å². The second-order valence-electron chi connectivity index (χ2n) is 5.29. The molecule has 1 heterocycles. The average Bonchev–Trinajstić information content (AvgIpc) is 2.46. The highest BCUT2D eigenvalue weighted by Gasteiger charge is 2.30. The number of nitrogens with zero attached hydrogens (tertiary/aromatic N) is 1. The van der Waals surface area contributed by atoms with Crippen molar-refractivity contribution < 1.29 is 13.2 Å². The van der Waals surface area contributed by atoms with Crippen LogP contribution in [0.2, 0.25) is 0 Å². The lowest BCUT2D eigenvalue weighted by molar-refractivity contribution is -0.137. The Morgan fingerprint density at radius 2 is 2.00 bits per heavy atom. The smallest absolute Gasteiger partial charge is 0.382 e. The summed E-state index contributed by atoms with van der Waals surface area (Å²) >= 11 is 0. The van der Waals surface area contributed by atoms with Crippen LogP contribution in [-0.4, -0.2) is 30.6 Å². The van der Waals surface area contributed by atoms with Crippen molar-refractivity contribution in [1.29, 1.82) is 0 Å². The topological polar surface area (TPSA) is 15.3 Å². The molecule has 2 nitrogen and oxygen atoms in total. The summed E-state index contributed by atoms with van der Waals surface area (Å²) in [4.78, 5) is 2.30. The summed E-state index contributed by atoms with van der Waals surface area (Å²) in [5.41, 5.74) is -0.0779. The van der Waals surface area contributed by atoms with Crippen LogP contribution in [0.5, 0.6) is 0 Å². The highest BCUT2D eigenvalue weighted by atomic mass is 19.4. The fraction of sp³-hybridized carbons (Fsp3) is 0.500. The molecule has 5 heteroatoms. The third kappa shape index (κ3) is 4.68. The van der Waals surface area contributed by atoms with Gasteiger partial charge in [0.05, 0.1) is 5.56 Å². The minimum absolute atomic E-state index is 0.218. The molecule has 0 atom stereocenters. The van der Waals surface area contributed by atoms with Crippen LogP contribution < -0.4 is 5.32 Å². The summed E-state index contributed by atoms with van der Waals surface area (Å²) in [6, 6.07) is 5.60. The average molecular weight is 296 g/mol. The van der Waals surface area contributed by atoms with Crippen LogP contribution in [-0.2, 0) is 6.18 Å². The molecule has 1 aliphatic rings. The van der Waals surface area contributed by atoms with Gasteiger partial charge in [-0.25, -0.2) is 0 Å². The summed E-state index contributed by atoms with van der Waals surface area (Å²) in [5.74, 6) is 2.62. The van der Waals surface area contributed by atoms with Crippen molar-refractivity contribution in [1.82, 2.24) is 4.90 Å². The first-order chi connectivity index (χ1) is 9.99. The first-order valence-corrected chi connectivity index (χ1v) is 7.08. The molecular weight excluding hydrogens is 277 g/mol. The molecule has 21 heavy (non-hydrogen) atoms. The molecule has 0 aromatic heterocycles. The third-order valence-electron chi connectivity index (χ3n) is 3.72. The maximum absolute atomic E-state index is 12.7. The zero-order valence-electron chi connectivity index (χ0n) is 11.8. The molecule has 0 radical (unpaired) electrons. The Balaban J connectivity index is 1.88. The number of piperidine rings is 1. The van der Waals surface area contributed by atoms with Gasteiger partial charge in [0.15, 0.2) is 0 Å². The molecule has 0 amide bonds. The quantitative estimate of drug-likeness (QED) is 0.854. The Hall–Kier alpha value is -1.67. The van der Waals surface area contributed by atoms with Crippen molar-refractivity contribution in [2.75, 3.05) is 25.0 Å². The van der Waals surface area contributed by atoms with E-state index in [2.05, 4.69) is 16.1 Å². The lowest BCUT2D eigenvalue weighted by Crippen LogP contribution is -2.39. The van der Waals surface area contributed by atoms with E-state index in [0.29, 0.717) is 5.69 Å². The van der Waals surface area contributed by atoms with E-state index in [4.69, 9.17) is 6.42 Å². The Labute approximate surface area is 123 Å². The molecule has 0 bridgehead atoms. The van der Waals surface area contributed by atoms with E-state index in [9.17, 15) is 13.2 Å². The van der Waals surface area contributed by atoms with Gasteiger partial charge in [0.25, 0.3) is 0 Å². The van der Waals surface area contributed by atoms with Crippen LogP contribution in [0.1, 0.15) is 24.8 Å². The molecule has 0 unspecified atom stereocenters. The number of rotatable bonds is 4. The van der Waals surface area contributed by atoms with Crippen molar-refractivity contribution in [3.8, 4) is 12.3 Å². The lowest BCUT2D eigenvalue weighted by Gasteiger charge is -2.32. The predicted octanol–water partition coefficient (Wildman–Crippen LogP) is 3.61. The summed E-state index contributed by atoms with van der Waals surface area (Å²) in [6.45, 7) is 2.75. The molecule has 0 saturated carbocycles. The molecule has 1 saturated heterocycles. The van der Waals surface area contributed by atoms with E-state index in [1.165, 1.54) is 12.1 Å². The van der Waals surface area contributed by atoms with Crippen molar-refractivity contribution in [2.24, 2.45) is 0 Å². The molecule has 0 aliphatic carbocycles. The largest absolute Gasteiger partial charge is 0.416 e. The van der Waals surface area contributed by atoms with Gasteiger partial charge in [0.1, 0.15) is 0 Å². The van der Waals surface area contributed by atoms with Crippen molar-refractivity contribution >= 4 is 5.69 Å². The second kappa shape index (κ2) is 6.86. The molecule has 2 rings (SSSR count). The van der Waals surface area contributed by atoms with E-state index in [1.807, 2.05) is 0 Å². The fourth-order valence-electron chi connectivity index (χ4n) is 2.54. The summed E-state index contributed by atoms with van der Waals surface area (Å²) in [6.07, 6.45) is 3.52. The Bertz CT molecular complexity index is 497. The van der Waals surface area contributed by atoms with Gasteiger partial charge in [0, 0.05) is 37.8 Å². The van der Waals surface area contributed by atoms with Crippen molar-refractivity contribution in [3.05, 3.63) is 29.8 Å². The van der Waals surface area contributed by atoms with Gasteiger partial charge in [-0.15, -0.1) is 12.3 Å². The highest BCUT2D eigenvalue weighted by Crippen LogP contribution is 2.31. The summed E-state index contributed by atoms with van der Waals surface area (Å²) < 4.78 is 38.0. The van der Waals surface area contributed by atoms with Gasteiger partial charge >= 0.3 is 6.18 Å². The number of halogens is 3. The van der Waals surface area contributed by atoms with Crippen LogP contribution in [0, 0.1) is 12.3 Å². The maximum atomic E-state index is 12.7. The first kappa shape index (κ1) is 15.7. The van der Waals surface area contributed by atoms with Gasteiger partial charge in [-0.2, -0.15) is 13.2 Å². The third-order valence-corrected chi connectivity index (χ3v) is 3.72. The standard InChI is InChI=1S/C16H19F3N2/c1-2-3-9-21-10-7-14(8-11-21)20-15-6-4-5-13(12-15)16(17,18)19/h1,4-6,12,14,20H,3,7-11H2. The van der Waals surface area contributed by atoms with Gasteiger partial charge in [-0.05, 0) is 31.0 Å². The highest BCUT2D eigenvalue weighted by molar-refractivity contribution is 5.47. The molecule has 1 N–H and O–H groups in total. The number of likely N-dealkylation sites (tertiary alicyclic amines) is 1. The number of anilines is 1. The number of alkyl halides is 3. The van der Waals surface area contributed by atoms with Crippen LogP contribution in [0.25, 0.3) is 0 Å². The van der Waals surface area contributed by atoms with E-state index >= 15 is 0 Å². The number of nitrogens with one attached hydrogen (secondary N) is 1. The number of benzene rings is 1. The Morgan fingerprint density at radius 1 is 1.29 bits per heavy atom.